The van der Waals surface area contributed by atoms with Crippen molar-refractivity contribution in [1.82, 2.24) is 39.7 Å². The molecule has 24 heteroatoms. The number of anilines is 10. The first-order chi connectivity index (χ1) is 30.9. The Labute approximate surface area is 432 Å². The molecule has 0 atom stereocenters. The van der Waals surface area contributed by atoms with Gasteiger partial charge in [0.2, 0.25) is 35.7 Å². The van der Waals surface area contributed by atoms with Crippen LogP contribution in [0.2, 0.25) is 0 Å². The van der Waals surface area contributed by atoms with E-state index in [4.69, 9.17) is 0 Å². The molecular formula is C42H48N14Na2O6S2. The summed E-state index contributed by atoms with van der Waals surface area (Å²) in [4.78, 5) is 31.1. The van der Waals surface area contributed by atoms with Gasteiger partial charge >= 0.3 is 59.1 Å². The summed E-state index contributed by atoms with van der Waals surface area (Å²) < 4.78 is 42.7. The predicted octanol–water partition coefficient (Wildman–Crippen LogP) is 0.0713. The second kappa shape index (κ2) is 27.3. The van der Waals surface area contributed by atoms with E-state index >= 15 is 0 Å². The second-order valence-electron chi connectivity index (χ2n) is 14.5. The van der Waals surface area contributed by atoms with Crippen LogP contribution in [-0.4, -0.2) is 107 Å². The standard InChI is InChI=1S/C42H50N14O6S2.2Na/c1-55(2)25-11-23-43-37-49-39(45-31-13-7-5-8-14-31)53-41(51-37)47-33-21-19-29(35(27-33)63-62-61-57)17-18-30-20-22-34(28-36(30)64(58,59)60)48-42-52-38(44-24-12-26-56(3)4)50-40(54-42)46-32-15-9-6-10-16-32;;/h5-10,13-22,27-28,57H,11-12,23-26H2,1-4H3,(H,58,59,60)(H3,43,45,47,49,51,53)(H3,44,46,48,50,52,54);;/q;2*+1/p-2/b18-17+;;. The van der Waals surface area contributed by atoms with Crippen molar-refractivity contribution < 1.29 is 86.7 Å². The van der Waals surface area contributed by atoms with E-state index in [1.54, 1.807) is 30.3 Å². The largest absolute Gasteiger partial charge is 1.00 e. The van der Waals surface area contributed by atoms with Gasteiger partial charge in [-0.3, -0.25) is 5.04 Å². The van der Waals surface area contributed by atoms with Gasteiger partial charge in [0.15, 0.2) is 0 Å². The molecule has 0 bridgehead atoms. The van der Waals surface area contributed by atoms with Crippen LogP contribution in [0.4, 0.5) is 58.4 Å². The summed E-state index contributed by atoms with van der Waals surface area (Å²) >= 11 is 0.625. The van der Waals surface area contributed by atoms with E-state index in [1.807, 2.05) is 88.9 Å². The zero-order valence-corrected chi connectivity index (χ0v) is 43.1. The minimum atomic E-state index is -4.99. The third-order valence-corrected chi connectivity index (χ3v) is 10.4. The van der Waals surface area contributed by atoms with E-state index in [2.05, 4.69) is 81.0 Å². The second-order valence-corrected chi connectivity index (χ2v) is 16.6. The topological polar surface area (TPSA) is 255 Å². The van der Waals surface area contributed by atoms with Crippen molar-refractivity contribution in [3.05, 3.63) is 108 Å². The van der Waals surface area contributed by atoms with Gasteiger partial charge in [0.05, 0.1) is 16.9 Å². The predicted molar refractivity (Wildman–Crippen MR) is 247 cm³/mol. The zero-order chi connectivity index (χ0) is 45.3. The number of aromatic nitrogens is 6. The van der Waals surface area contributed by atoms with Crippen molar-refractivity contribution in [2.75, 3.05) is 86.3 Å². The van der Waals surface area contributed by atoms with Crippen LogP contribution in [0.5, 0.6) is 0 Å². The number of nitrogens with one attached hydrogen (secondary N) is 6. The van der Waals surface area contributed by atoms with E-state index in [0.29, 0.717) is 53.2 Å². The maximum Gasteiger partial charge on any atom is 1.00 e. The molecule has 0 fully saturated rings. The van der Waals surface area contributed by atoms with Crippen molar-refractivity contribution in [3.8, 4) is 0 Å². The van der Waals surface area contributed by atoms with Gasteiger partial charge in [0.1, 0.15) is 10.1 Å². The molecule has 0 radical (unpaired) electrons. The van der Waals surface area contributed by atoms with Crippen molar-refractivity contribution in [2.24, 2.45) is 0 Å². The Hall–Kier alpha value is -4.50. The number of hydrogen-bond donors (Lipinski definition) is 6. The molecule has 4 aromatic carbocycles. The van der Waals surface area contributed by atoms with E-state index in [0.717, 1.165) is 37.3 Å². The minimum absolute atomic E-state index is 0. The SMILES string of the molecule is CN(C)CCCNc1nc(Nc2ccccc2)nc(Nc2ccc(/C=C/c3ccc(Nc4nc(NCCCN(C)C)nc(Nc5ccccc5)n4)cc3S(=O)(=O)[O-])c(SOO[O-])c2)n1.[Na+].[Na+]. The van der Waals surface area contributed by atoms with Gasteiger partial charge in [-0.15, -0.1) is 0 Å². The normalized spacial score (nSPS) is 11.2. The van der Waals surface area contributed by atoms with Crippen LogP contribution in [-0.2, 0) is 19.5 Å². The van der Waals surface area contributed by atoms with Gasteiger partial charge in [-0.1, -0.05) is 60.7 Å². The molecule has 0 amide bonds. The molecule has 0 saturated carbocycles. The summed E-state index contributed by atoms with van der Waals surface area (Å²) in [6, 6.07) is 28.1. The van der Waals surface area contributed by atoms with Crippen molar-refractivity contribution in [2.45, 2.75) is 22.6 Å². The minimum Gasteiger partial charge on any atom is -0.744 e. The van der Waals surface area contributed by atoms with Crippen molar-refractivity contribution >= 4 is 92.8 Å². The van der Waals surface area contributed by atoms with Crippen LogP contribution in [0.3, 0.4) is 0 Å². The number of benzene rings is 4. The van der Waals surface area contributed by atoms with Gasteiger partial charge in [-0.2, -0.15) is 34.2 Å². The summed E-state index contributed by atoms with van der Waals surface area (Å²) in [7, 11) is 2.99. The summed E-state index contributed by atoms with van der Waals surface area (Å²) in [5.41, 5.74) is 2.86. The molecule has 6 N–H and O–H groups in total. The average molecular weight is 955 g/mol. The Bertz CT molecular complexity index is 2590. The van der Waals surface area contributed by atoms with Gasteiger partial charge in [-0.25, -0.2) is 8.42 Å². The summed E-state index contributed by atoms with van der Waals surface area (Å²) in [6.45, 7) is 2.94. The molecule has 2 heterocycles. The average Bonchev–Trinajstić information content (AvgIpc) is 3.26. The van der Waals surface area contributed by atoms with E-state index < -0.39 is 15.0 Å². The number of nitrogens with zero attached hydrogens (tertiary/aromatic N) is 8. The van der Waals surface area contributed by atoms with Crippen LogP contribution < -0.4 is 96.3 Å². The maximum absolute atomic E-state index is 12.7. The number of rotatable bonds is 24. The fraction of sp³-hybridized carbons (Fsp3) is 0.238. The van der Waals surface area contributed by atoms with Crippen LogP contribution in [0.1, 0.15) is 24.0 Å². The van der Waals surface area contributed by atoms with E-state index in [1.165, 1.54) is 18.2 Å². The fourth-order valence-corrected chi connectivity index (χ4v) is 7.11. The summed E-state index contributed by atoms with van der Waals surface area (Å²) in [5, 5.41) is 33.5. The molecule has 0 spiro atoms. The molecule has 336 valence electrons. The van der Waals surface area contributed by atoms with Gasteiger partial charge in [0, 0.05) is 40.7 Å². The maximum atomic E-state index is 12.7. The first-order valence-electron chi connectivity index (χ1n) is 19.9. The zero-order valence-electron chi connectivity index (χ0n) is 37.5. The van der Waals surface area contributed by atoms with Gasteiger partial charge in [0.25, 0.3) is 0 Å². The summed E-state index contributed by atoms with van der Waals surface area (Å²) in [6.07, 6.45) is 4.71. The number of para-hydroxylation sites is 2. The molecule has 6 rings (SSSR count). The van der Waals surface area contributed by atoms with Gasteiger partial charge in [-0.05, 0) is 114 Å². The molecular weight excluding hydrogens is 907 g/mol. The van der Waals surface area contributed by atoms with Crippen molar-refractivity contribution in [1.29, 1.82) is 0 Å². The van der Waals surface area contributed by atoms with Crippen LogP contribution >= 0.6 is 12.0 Å². The molecule has 2 aromatic heterocycles. The first kappa shape index (κ1) is 54.1. The van der Waals surface area contributed by atoms with Crippen LogP contribution in [0, 0.1) is 0 Å². The van der Waals surface area contributed by atoms with E-state index in [-0.39, 0.29) is 94.2 Å². The monoisotopic (exact) mass is 954 g/mol. The molecule has 0 unspecified atom stereocenters. The van der Waals surface area contributed by atoms with Gasteiger partial charge < -0.3 is 51.5 Å². The molecule has 0 saturated heterocycles. The first-order valence-corrected chi connectivity index (χ1v) is 22.1. The Morgan fingerprint density at radius 2 is 0.985 bits per heavy atom. The number of hydrogen-bond acceptors (Lipinski definition) is 21. The molecule has 66 heavy (non-hydrogen) atoms. The van der Waals surface area contributed by atoms with Crippen LogP contribution in [0.15, 0.2) is 107 Å². The van der Waals surface area contributed by atoms with E-state index in [9.17, 15) is 18.2 Å². The van der Waals surface area contributed by atoms with Crippen molar-refractivity contribution in [3.63, 3.8) is 0 Å². The smallest absolute Gasteiger partial charge is 0.744 e. The molecule has 0 aliphatic rings. The Morgan fingerprint density at radius 1 is 0.576 bits per heavy atom. The Kier molecular flexibility index (Phi) is 22.4. The Balaban J connectivity index is 0.00000476. The summed E-state index contributed by atoms with van der Waals surface area (Å²) in [5.74, 6) is 1.50. The molecule has 0 aliphatic carbocycles. The Morgan fingerprint density at radius 3 is 1.42 bits per heavy atom. The molecule has 6 aromatic rings. The molecule has 20 nitrogen and oxygen atoms in total. The van der Waals surface area contributed by atoms with Crippen LogP contribution in [0.25, 0.3) is 12.2 Å². The quantitative estimate of drug-likeness (QED) is 0.00893. The fourth-order valence-electron chi connectivity index (χ4n) is 5.90. The third kappa shape index (κ3) is 18.0. The molecule has 0 aliphatic heterocycles. The third-order valence-electron chi connectivity index (χ3n) is 8.86.